The van der Waals surface area contributed by atoms with Crippen LogP contribution in [0.4, 0.5) is 10.5 Å². The van der Waals surface area contributed by atoms with E-state index in [0.29, 0.717) is 0 Å². The van der Waals surface area contributed by atoms with E-state index < -0.39 is 59.2 Å². The molecule has 1 atom stereocenters. The zero-order chi connectivity index (χ0) is 29.8. The van der Waals surface area contributed by atoms with Crippen LogP contribution in [0.5, 0.6) is 0 Å². The van der Waals surface area contributed by atoms with Crippen molar-refractivity contribution in [2.45, 2.75) is 78.2 Å². The summed E-state index contributed by atoms with van der Waals surface area (Å²) in [6.45, 7) is 9.29. The third-order valence-electron chi connectivity index (χ3n) is 4.53. The van der Waals surface area contributed by atoms with Crippen molar-refractivity contribution >= 4 is 35.5 Å². The fourth-order valence-corrected chi connectivity index (χ4v) is 2.96. The molecule has 0 radical (unpaired) electrons. The second-order valence-corrected chi connectivity index (χ2v) is 10.4. The summed E-state index contributed by atoms with van der Waals surface area (Å²) in [6.07, 6.45) is 3.47. The van der Waals surface area contributed by atoms with Gasteiger partial charge in [0.2, 0.25) is 11.8 Å². The molecule has 0 saturated heterocycles. The minimum atomic E-state index is -1.12. The highest BCUT2D eigenvalue weighted by molar-refractivity contribution is 5.96. The number of hydrogen-bond acceptors (Lipinski definition) is 9. The average molecular weight is 551 g/mol. The van der Waals surface area contributed by atoms with E-state index in [1.165, 1.54) is 37.6 Å². The van der Waals surface area contributed by atoms with Gasteiger partial charge in [-0.3, -0.25) is 19.2 Å². The molecule has 0 aliphatic rings. The van der Waals surface area contributed by atoms with Crippen molar-refractivity contribution in [2.75, 3.05) is 19.0 Å². The van der Waals surface area contributed by atoms with E-state index in [9.17, 15) is 28.8 Å². The van der Waals surface area contributed by atoms with Gasteiger partial charge in [0.1, 0.15) is 36.0 Å². The Kier molecular flexibility index (Phi) is 12.4. The zero-order valence-electron chi connectivity index (χ0n) is 23.4. The van der Waals surface area contributed by atoms with Crippen LogP contribution in [0.1, 0.15) is 54.4 Å². The van der Waals surface area contributed by atoms with Crippen molar-refractivity contribution in [2.24, 2.45) is 0 Å². The molecule has 13 heteroatoms. The topological polar surface area (TPSA) is 171 Å². The number of carbonyl (C=O) groups excluding carboxylic acids is 5. The lowest BCUT2D eigenvalue weighted by molar-refractivity contribution is -0.154. The third-order valence-corrected chi connectivity index (χ3v) is 4.53. The van der Waals surface area contributed by atoms with E-state index in [-0.39, 0.29) is 25.1 Å². The monoisotopic (exact) mass is 550 g/mol. The molecular weight excluding hydrogens is 512 g/mol. The van der Waals surface area contributed by atoms with Gasteiger partial charge in [-0.25, -0.2) is 9.59 Å². The lowest BCUT2D eigenvalue weighted by Gasteiger charge is -2.23. The number of amides is 3. The Hall–Kier alpha value is -4.16. The van der Waals surface area contributed by atoms with Crippen LogP contribution in [0, 0.1) is 0 Å². The molecule has 0 aliphatic carbocycles. The lowest BCUT2D eigenvalue weighted by Crippen LogP contribution is -2.46. The van der Waals surface area contributed by atoms with Crippen molar-refractivity contribution in [3.63, 3.8) is 0 Å². The number of anilines is 1. The van der Waals surface area contributed by atoms with Crippen LogP contribution in [0.25, 0.3) is 0 Å². The summed E-state index contributed by atoms with van der Waals surface area (Å²) in [5.74, 6) is -2.53. The quantitative estimate of drug-likeness (QED) is 0.210. The number of nitrogens with zero attached hydrogens (tertiary/aromatic N) is 1. The molecule has 216 valence electrons. The van der Waals surface area contributed by atoms with Crippen molar-refractivity contribution < 1.29 is 38.2 Å². The number of carbonyl (C=O) groups is 5. The largest absolute Gasteiger partial charge is 0.466 e. The number of methoxy groups -OCH3 is 1. The highest BCUT2D eigenvalue weighted by atomic mass is 16.6. The van der Waals surface area contributed by atoms with Gasteiger partial charge in [0.05, 0.1) is 7.11 Å². The number of nitrogens with one attached hydrogen (secondary N) is 3. The van der Waals surface area contributed by atoms with Crippen molar-refractivity contribution in [3.8, 4) is 0 Å². The predicted octanol–water partition coefficient (Wildman–Crippen LogP) is 1.65. The molecule has 0 aliphatic heterocycles. The highest BCUT2D eigenvalue weighted by Gasteiger charge is 2.25. The molecule has 1 rings (SSSR count). The Morgan fingerprint density at radius 1 is 1.03 bits per heavy atom. The number of esters is 2. The smallest absolute Gasteiger partial charge is 0.408 e. The fraction of sp³-hybridized carbons (Fsp3) is 0.538. The lowest BCUT2D eigenvalue weighted by atomic mass is 10.1. The molecule has 3 N–H and O–H groups in total. The Morgan fingerprint density at radius 3 is 2.26 bits per heavy atom. The molecule has 39 heavy (non-hydrogen) atoms. The van der Waals surface area contributed by atoms with Crippen molar-refractivity contribution in [3.05, 3.63) is 40.8 Å². The third kappa shape index (κ3) is 13.8. The van der Waals surface area contributed by atoms with E-state index in [1.807, 2.05) is 0 Å². The molecule has 3 amide bonds. The second-order valence-electron chi connectivity index (χ2n) is 10.4. The van der Waals surface area contributed by atoms with Gasteiger partial charge in [-0.15, -0.1) is 0 Å². The summed E-state index contributed by atoms with van der Waals surface area (Å²) >= 11 is 0. The maximum atomic E-state index is 13.0. The Bertz CT molecular complexity index is 1130. The van der Waals surface area contributed by atoms with E-state index in [4.69, 9.17) is 9.47 Å². The van der Waals surface area contributed by atoms with Gasteiger partial charge >= 0.3 is 18.0 Å². The van der Waals surface area contributed by atoms with Crippen LogP contribution >= 0.6 is 0 Å². The van der Waals surface area contributed by atoms with Gasteiger partial charge in [0.25, 0.3) is 5.56 Å². The minimum absolute atomic E-state index is 0.0761. The summed E-state index contributed by atoms with van der Waals surface area (Å²) < 4.78 is 15.9. The SMILES string of the molecule is COC(=O)/C=C/CCC(NC(=O)OC(C)(C)C)C(=O)Nc1cccn(CC(=O)NCC(=O)OC(C)(C)C)c1=O. The zero-order valence-corrected chi connectivity index (χ0v) is 23.4. The summed E-state index contributed by atoms with van der Waals surface area (Å²) in [7, 11) is 1.23. The minimum Gasteiger partial charge on any atom is -0.466 e. The van der Waals surface area contributed by atoms with E-state index in [1.54, 1.807) is 41.5 Å². The first-order valence-electron chi connectivity index (χ1n) is 12.2. The van der Waals surface area contributed by atoms with Gasteiger partial charge in [0, 0.05) is 12.3 Å². The van der Waals surface area contributed by atoms with Gasteiger partial charge in [-0.1, -0.05) is 6.08 Å². The molecule has 1 unspecified atom stereocenters. The van der Waals surface area contributed by atoms with Crippen LogP contribution in [0.15, 0.2) is 35.3 Å². The Labute approximate surface area is 227 Å². The maximum Gasteiger partial charge on any atom is 0.408 e. The fourth-order valence-electron chi connectivity index (χ4n) is 2.96. The summed E-state index contributed by atoms with van der Waals surface area (Å²) in [5.41, 5.74) is -2.34. The first-order chi connectivity index (χ1) is 18.0. The highest BCUT2D eigenvalue weighted by Crippen LogP contribution is 2.10. The second kappa shape index (κ2) is 14.7. The number of aromatic nitrogens is 1. The molecule has 13 nitrogen and oxygen atoms in total. The Morgan fingerprint density at radius 2 is 1.67 bits per heavy atom. The number of pyridine rings is 1. The number of allylic oxidation sites excluding steroid dienone is 1. The normalized spacial score (nSPS) is 12.3. The van der Waals surface area contributed by atoms with Crippen molar-refractivity contribution in [1.29, 1.82) is 0 Å². The average Bonchev–Trinajstić information content (AvgIpc) is 2.79. The van der Waals surface area contributed by atoms with Crippen molar-refractivity contribution in [1.82, 2.24) is 15.2 Å². The molecule has 1 aromatic rings. The maximum absolute atomic E-state index is 13.0. The number of rotatable bonds is 11. The standard InChI is InChI=1S/C26H38N4O9/c1-25(2,3)38-21(33)15-27-19(31)16-30-14-10-12-18(23(30)35)28-22(34)17(11-8-9-13-20(32)37-7)29-24(36)39-26(4,5)6/h9-10,12-14,17H,8,11,15-16H2,1-7H3,(H,27,31)(H,28,34)(H,29,36)/b13-9+. The van der Waals surface area contributed by atoms with Crippen LogP contribution in [-0.4, -0.2) is 65.3 Å². The number of hydrogen-bond donors (Lipinski definition) is 3. The van der Waals surface area contributed by atoms with E-state index >= 15 is 0 Å². The molecule has 0 aromatic carbocycles. The van der Waals surface area contributed by atoms with Gasteiger partial charge < -0.3 is 34.7 Å². The predicted molar refractivity (Wildman–Crippen MR) is 142 cm³/mol. The van der Waals surface area contributed by atoms with Gasteiger partial charge in [-0.2, -0.15) is 0 Å². The summed E-state index contributed by atoms with van der Waals surface area (Å²) in [6, 6.07) is 1.68. The molecule has 1 aromatic heterocycles. The molecule has 0 spiro atoms. The summed E-state index contributed by atoms with van der Waals surface area (Å²) in [5, 5.41) is 7.31. The van der Waals surface area contributed by atoms with Gasteiger partial charge in [0.15, 0.2) is 0 Å². The van der Waals surface area contributed by atoms with Crippen LogP contribution in [0.3, 0.4) is 0 Å². The van der Waals surface area contributed by atoms with Crippen LogP contribution in [0.2, 0.25) is 0 Å². The molecule has 0 fully saturated rings. The van der Waals surface area contributed by atoms with E-state index in [2.05, 4.69) is 20.7 Å². The van der Waals surface area contributed by atoms with E-state index in [0.717, 1.165) is 4.57 Å². The molecule has 1 heterocycles. The van der Waals surface area contributed by atoms with Gasteiger partial charge in [-0.05, 0) is 66.5 Å². The number of alkyl carbamates (subject to hydrolysis) is 1. The first kappa shape index (κ1) is 32.9. The molecule has 0 saturated carbocycles. The number of ether oxygens (including phenoxy) is 3. The Balaban J connectivity index is 2.93. The van der Waals surface area contributed by atoms with Crippen LogP contribution < -0.4 is 21.5 Å². The molecule has 0 bridgehead atoms. The molecular formula is C26H38N4O9. The summed E-state index contributed by atoms with van der Waals surface area (Å²) in [4.78, 5) is 73.5. The first-order valence-corrected chi connectivity index (χ1v) is 12.2. The van der Waals surface area contributed by atoms with Crippen LogP contribution in [-0.2, 0) is 39.9 Å².